The zero-order chi connectivity index (χ0) is 9.03. The molecule has 0 radical (unpaired) electrons. The van der Waals surface area contributed by atoms with E-state index in [1.54, 1.807) is 0 Å². The monoisotopic (exact) mass is 166 g/mol. The van der Waals surface area contributed by atoms with Crippen LogP contribution < -0.4 is 0 Å². The predicted octanol–water partition coefficient (Wildman–Crippen LogP) is 2.96. The second-order valence-electron chi connectivity index (χ2n) is 4.02. The summed E-state index contributed by atoms with van der Waals surface area (Å²) < 4.78 is 0. The maximum absolute atomic E-state index is 10.6. The second-order valence-corrected chi connectivity index (χ2v) is 4.02. The minimum atomic E-state index is 0.267. The molecule has 68 valence electrons. The van der Waals surface area contributed by atoms with Crippen LogP contribution in [0.4, 0.5) is 0 Å². The molecule has 0 aromatic rings. The standard InChI is InChI=1S/C11H18O/c1-3-6-11(8-9-12)7-4-5-10(11)2/h3,9-10H,1,4-8H2,2H3. The van der Waals surface area contributed by atoms with E-state index in [0.717, 1.165) is 19.1 Å². The van der Waals surface area contributed by atoms with E-state index in [9.17, 15) is 4.79 Å². The molecule has 1 nitrogen and oxygen atoms in total. The molecule has 2 atom stereocenters. The average molecular weight is 166 g/mol. The third-order valence-electron chi connectivity index (χ3n) is 3.40. The second kappa shape index (κ2) is 3.88. The quantitative estimate of drug-likeness (QED) is 0.463. The number of hydrogen-bond donors (Lipinski definition) is 0. The molecule has 0 heterocycles. The first-order valence-electron chi connectivity index (χ1n) is 4.80. The minimum absolute atomic E-state index is 0.267. The molecular weight excluding hydrogens is 148 g/mol. The summed E-state index contributed by atoms with van der Waals surface area (Å²) in [4.78, 5) is 10.6. The van der Waals surface area contributed by atoms with Gasteiger partial charge >= 0.3 is 0 Å². The van der Waals surface area contributed by atoms with E-state index in [0.29, 0.717) is 5.92 Å². The van der Waals surface area contributed by atoms with E-state index in [1.807, 2.05) is 6.08 Å². The summed E-state index contributed by atoms with van der Waals surface area (Å²) >= 11 is 0. The lowest BCUT2D eigenvalue weighted by atomic mass is 9.74. The summed E-state index contributed by atoms with van der Waals surface area (Å²) in [6.45, 7) is 6.03. The van der Waals surface area contributed by atoms with Crippen LogP contribution in [0.1, 0.15) is 39.0 Å². The highest BCUT2D eigenvalue weighted by Crippen LogP contribution is 2.47. The highest BCUT2D eigenvalue weighted by atomic mass is 16.1. The van der Waals surface area contributed by atoms with Crippen molar-refractivity contribution < 1.29 is 4.79 Å². The lowest BCUT2D eigenvalue weighted by Crippen LogP contribution is -2.23. The molecule has 0 aromatic heterocycles. The Labute approximate surface area is 74.9 Å². The van der Waals surface area contributed by atoms with Crippen LogP contribution >= 0.6 is 0 Å². The molecule has 0 bridgehead atoms. The van der Waals surface area contributed by atoms with Crippen LogP contribution in [0.15, 0.2) is 12.7 Å². The zero-order valence-corrected chi connectivity index (χ0v) is 7.88. The van der Waals surface area contributed by atoms with Gasteiger partial charge in [-0.15, -0.1) is 6.58 Å². The van der Waals surface area contributed by atoms with Gasteiger partial charge < -0.3 is 4.79 Å². The van der Waals surface area contributed by atoms with E-state index in [2.05, 4.69) is 13.5 Å². The lowest BCUT2D eigenvalue weighted by molar-refractivity contribution is -0.110. The van der Waals surface area contributed by atoms with Crippen molar-refractivity contribution in [3.63, 3.8) is 0 Å². The molecule has 1 heteroatoms. The van der Waals surface area contributed by atoms with Crippen LogP contribution in [0, 0.1) is 11.3 Å². The molecule has 0 spiro atoms. The van der Waals surface area contributed by atoms with Crippen molar-refractivity contribution in [1.29, 1.82) is 0 Å². The van der Waals surface area contributed by atoms with Crippen molar-refractivity contribution in [3.8, 4) is 0 Å². The SMILES string of the molecule is C=CCC1(CC=O)CCCC1C. The molecule has 1 rings (SSSR count). The van der Waals surface area contributed by atoms with Gasteiger partial charge in [-0.3, -0.25) is 0 Å². The van der Waals surface area contributed by atoms with Gasteiger partial charge in [0.1, 0.15) is 6.29 Å². The normalized spacial score (nSPS) is 34.9. The van der Waals surface area contributed by atoms with Crippen LogP contribution in [0.2, 0.25) is 0 Å². The fourth-order valence-corrected chi connectivity index (χ4v) is 2.46. The fourth-order valence-electron chi connectivity index (χ4n) is 2.46. The summed E-state index contributed by atoms with van der Waals surface area (Å²) in [5.74, 6) is 0.695. The number of rotatable bonds is 4. The summed E-state index contributed by atoms with van der Waals surface area (Å²) in [6, 6.07) is 0. The molecule has 1 aliphatic carbocycles. The Hall–Kier alpha value is -0.590. The van der Waals surface area contributed by atoms with Gasteiger partial charge in [-0.2, -0.15) is 0 Å². The molecule has 1 aliphatic rings. The van der Waals surface area contributed by atoms with E-state index in [1.165, 1.54) is 19.3 Å². The van der Waals surface area contributed by atoms with Crippen molar-refractivity contribution in [2.75, 3.05) is 0 Å². The number of carbonyl (C=O) groups is 1. The van der Waals surface area contributed by atoms with Gasteiger partial charge in [0.25, 0.3) is 0 Å². The number of carbonyl (C=O) groups excluding carboxylic acids is 1. The Morgan fingerprint density at radius 2 is 2.33 bits per heavy atom. The Kier molecular flexibility index (Phi) is 3.07. The molecule has 0 aromatic carbocycles. The van der Waals surface area contributed by atoms with Gasteiger partial charge in [0, 0.05) is 6.42 Å². The predicted molar refractivity (Wildman–Crippen MR) is 50.9 cm³/mol. The molecule has 0 amide bonds. The number of hydrogen-bond acceptors (Lipinski definition) is 1. The van der Waals surface area contributed by atoms with Crippen LogP contribution in [0.25, 0.3) is 0 Å². The molecule has 1 saturated carbocycles. The largest absolute Gasteiger partial charge is 0.303 e. The first kappa shape index (κ1) is 9.50. The van der Waals surface area contributed by atoms with Gasteiger partial charge in [-0.25, -0.2) is 0 Å². The van der Waals surface area contributed by atoms with Crippen molar-refractivity contribution in [2.45, 2.75) is 39.0 Å². The smallest absolute Gasteiger partial charge is 0.120 e. The van der Waals surface area contributed by atoms with E-state index in [-0.39, 0.29) is 5.41 Å². The van der Waals surface area contributed by atoms with Crippen molar-refractivity contribution in [3.05, 3.63) is 12.7 Å². The first-order chi connectivity index (χ1) is 5.75. The zero-order valence-electron chi connectivity index (χ0n) is 7.88. The number of aldehydes is 1. The molecule has 0 aliphatic heterocycles. The number of allylic oxidation sites excluding steroid dienone is 1. The maximum Gasteiger partial charge on any atom is 0.120 e. The topological polar surface area (TPSA) is 17.1 Å². The Morgan fingerprint density at radius 1 is 1.58 bits per heavy atom. The first-order valence-corrected chi connectivity index (χ1v) is 4.80. The van der Waals surface area contributed by atoms with Gasteiger partial charge in [-0.05, 0) is 24.2 Å². The van der Waals surface area contributed by atoms with E-state index in [4.69, 9.17) is 0 Å². The van der Waals surface area contributed by atoms with Crippen LogP contribution in [-0.4, -0.2) is 6.29 Å². The summed E-state index contributed by atoms with van der Waals surface area (Å²) in [7, 11) is 0. The maximum atomic E-state index is 10.6. The lowest BCUT2D eigenvalue weighted by Gasteiger charge is -2.30. The highest BCUT2D eigenvalue weighted by Gasteiger charge is 2.38. The third-order valence-corrected chi connectivity index (χ3v) is 3.40. The average Bonchev–Trinajstić information content (AvgIpc) is 2.35. The Morgan fingerprint density at radius 3 is 2.75 bits per heavy atom. The minimum Gasteiger partial charge on any atom is -0.303 e. The van der Waals surface area contributed by atoms with Crippen LogP contribution in [-0.2, 0) is 4.79 Å². The van der Waals surface area contributed by atoms with Gasteiger partial charge in [0.05, 0.1) is 0 Å². The molecule has 2 unspecified atom stereocenters. The Balaban J connectivity index is 2.69. The summed E-state index contributed by atoms with van der Waals surface area (Å²) in [5.41, 5.74) is 0.267. The van der Waals surface area contributed by atoms with Gasteiger partial charge in [0.2, 0.25) is 0 Å². The molecule has 0 saturated heterocycles. The van der Waals surface area contributed by atoms with E-state index >= 15 is 0 Å². The summed E-state index contributed by atoms with van der Waals surface area (Å²) in [5, 5.41) is 0. The molecule has 1 fully saturated rings. The summed E-state index contributed by atoms with van der Waals surface area (Å²) in [6.07, 6.45) is 8.53. The van der Waals surface area contributed by atoms with Crippen molar-refractivity contribution >= 4 is 6.29 Å². The molecule has 12 heavy (non-hydrogen) atoms. The molecule has 0 N–H and O–H groups in total. The fraction of sp³-hybridized carbons (Fsp3) is 0.727. The highest BCUT2D eigenvalue weighted by molar-refractivity contribution is 5.51. The van der Waals surface area contributed by atoms with Gasteiger partial charge in [0.15, 0.2) is 0 Å². The van der Waals surface area contributed by atoms with E-state index < -0.39 is 0 Å². The third kappa shape index (κ3) is 1.60. The van der Waals surface area contributed by atoms with Gasteiger partial charge in [-0.1, -0.05) is 25.8 Å². The molecular formula is C11H18O. The Bertz CT molecular complexity index is 162. The van der Waals surface area contributed by atoms with Crippen LogP contribution in [0.3, 0.4) is 0 Å². The van der Waals surface area contributed by atoms with Crippen LogP contribution in [0.5, 0.6) is 0 Å². The van der Waals surface area contributed by atoms with Crippen molar-refractivity contribution in [1.82, 2.24) is 0 Å². The van der Waals surface area contributed by atoms with Crippen molar-refractivity contribution in [2.24, 2.45) is 11.3 Å².